The number of hydrogen-bond donors (Lipinski definition) is 1. The van der Waals surface area contributed by atoms with Gasteiger partial charge in [-0.2, -0.15) is 0 Å². The third kappa shape index (κ3) is 4.72. The lowest BCUT2D eigenvalue weighted by molar-refractivity contribution is 0.0319. The lowest BCUT2D eigenvalue weighted by atomic mass is 10.1. The summed E-state index contributed by atoms with van der Waals surface area (Å²) in [6, 6.07) is 17.0. The molecule has 0 aliphatic rings. The van der Waals surface area contributed by atoms with Crippen LogP contribution in [0.4, 0.5) is 5.69 Å². The Kier molecular flexibility index (Phi) is 6.01. The highest BCUT2D eigenvalue weighted by Gasteiger charge is 2.20. The maximum Gasteiger partial charge on any atom is 0.338 e. The summed E-state index contributed by atoms with van der Waals surface area (Å²) >= 11 is 1.33. The third-order valence-corrected chi connectivity index (χ3v) is 4.96. The maximum atomic E-state index is 12.4. The first kappa shape index (κ1) is 19.5. The van der Waals surface area contributed by atoms with Crippen LogP contribution in [-0.4, -0.2) is 23.8 Å². The highest BCUT2D eigenvalue weighted by molar-refractivity contribution is 7.12. The Morgan fingerprint density at radius 2 is 1.71 bits per heavy atom. The van der Waals surface area contributed by atoms with Gasteiger partial charge in [0.05, 0.1) is 10.4 Å². The molecule has 2 aromatic carbocycles. The first-order chi connectivity index (χ1) is 13.4. The number of carbonyl (C=O) groups is 3. The lowest BCUT2D eigenvalue weighted by Crippen LogP contribution is -2.24. The van der Waals surface area contributed by atoms with Gasteiger partial charge in [-0.05, 0) is 43.5 Å². The minimum Gasteiger partial charge on any atom is -0.451 e. The molecule has 0 spiro atoms. The molecular weight excluding hydrogens is 374 g/mol. The molecule has 3 rings (SSSR count). The molecule has 0 radical (unpaired) electrons. The molecule has 1 amide bonds. The number of thiophene rings is 1. The van der Waals surface area contributed by atoms with Crippen LogP contribution in [0.15, 0.2) is 66.0 Å². The Hall–Kier alpha value is -3.25. The van der Waals surface area contributed by atoms with E-state index in [0.717, 1.165) is 5.56 Å². The van der Waals surface area contributed by atoms with Crippen LogP contribution in [-0.2, 0) is 4.74 Å². The second-order valence-electron chi connectivity index (χ2n) is 6.29. The number of esters is 1. The molecule has 0 aliphatic heterocycles. The zero-order valence-corrected chi connectivity index (χ0v) is 16.3. The fourth-order valence-electron chi connectivity index (χ4n) is 2.56. The summed E-state index contributed by atoms with van der Waals surface area (Å²) in [5.74, 6) is -1.14. The van der Waals surface area contributed by atoms with Gasteiger partial charge in [0.25, 0.3) is 5.91 Å². The van der Waals surface area contributed by atoms with Gasteiger partial charge in [-0.15, -0.1) is 11.3 Å². The molecule has 0 unspecified atom stereocenters. The van der Waals surface area contributed by atoms with Gasteiger partial charge in [-0.3, -0.25) is 9.59 Å². The minimum absolute atomic E-state index is 0.247. The van der Waals surface area contributed by atoms with Crippen LogP contribution in [0.3, 0.4) is 0 Å². The van der Waals surface area contributed by atoms with Crippen LogP contribution >= 0.6 is 11.3 Å². The number of Topliss-reactive ketones (excluding diaryl/α,β-unsaturated/α-hetero) is 1. The van der Waals surface area contributed by atoms with Crippen molar-refractivity contribution in [2.75, 3.05) is 5.32 Å². The average Bonchev–Trinajstić information content (AvgIpc) is 3.23. The first-order valence-corrected chi connectivity index (χ1v) is 9.59. The van der Waals surface area contributed by atoms with Crippen LogP contribution in [0.2, 0.25) is 0 Å². The van der Waals surface area contributed by atoms with E-state index >= 15 is 0 Å². The van der Waals surface area contributed by atoms with Crippen molar-refractivity contribution < 1.29 is 19.1 Å². The van der Waals surface area contributed by atoms with Crippen LogP contribution in [0.5, 0.6) is 0 Å². The summed E-state index contributed by atoms with van der Waals surface area (Å²) in [7, 11) is 0. The third-order valence-electron chi connectivity index (χ3n) is 4.09. The van der Waals surface area contributed by atoms with E-state index in [1.165, 1.54) is 17.4 Å². The number of ketones is 1. The number of benzene rings is 2. The van der Waals surface area contributed by atoms with Crippen molar-refractivity contribution in [2.24, 2.45) is 0 Å². The fourth-order valence-corrected chi connectivity index (χ4v) is 3.18. The van der Waals surface area contributed by atoms with Gasteiger partial charge in [0.1, 0.15) is 0 Å². The number of aryl methyl sites for hydroxylation is 1. The Bertz CT molecular complexity index is 994. The largest absolute Gasteiger partial charge is 0.451 e. The van der Waals surface area contributed by atoms with Crippen molar-refractivity contribution in [3.8, 4) is 0 Å². The van der Waals surface area contributed by atoms with E-state index in [-0.39, 0.29) is 17.3 Å². The number of hydrogen-bond acceptors (Lipinski definition) is 5. The fraction of sp³-hybridized carbons (Fsp3) is 0.136. The maximum absolute atomic E-state index is 12.4. The number of anilines is 1. The van der Waals surface area contributed by atoms with E-state index in [4.69, 9.17) is 4.74 Å². The summed E-state index contributed by atoms with van der Waals surface area (Å²) in [6.07, 6.45) is -0.917. The molecule has 5 nitrogen and oxygen atoms in total. The Labute approximate surface area is 167 Å². The summed E-state index contributed by atoms with van der Waals surface area (Å²) < 4.78 is 5.32. The van der Waals surface area contributed by atoms with E-state index in [9.17, 15) is 14.4 Å². The number of carbonyl (C=O) groups excluding carboxylic acids is 3. The summed E-state index contributed by atoms with van der Waals surface area (Å²) in [5, 5.41) is 4.56. The smallest absolute Gasteiger partial charge is 0.338 e. The second kappa shape index (κ2) is 8.63. The molecule has 3 aromatic rings. The number of amides is 1. The normalized spacial score (nSPS) is 11.5. The van der Waals surface area contributed by atoms with Crippen molar-refractivity contribution in [1.82, 2.24) is 0 Å². The van der Waals surface area contributed by atoms with Gasteiger partial charge in [0.15, 0.2) is 6.10 Å². The Morgan fingerprint density at radius 1 is 0.964 bits per heavy atom. The van der Waals surface area contributed by atoms with Crippen molar-refractivity contribution >= 4 is 34.7 Å². The average molecular weight is 393 g/mol. The van der Waals surface area contributed by atoms with E-state index in [1.54, 1.807) is 49.4 Å². The van der Waals surface area contributed by atoms with Gasteiger partial charge in [-0.1, -0.05) is 42.0 Å². The molecule has 142 valence electrons. The zero-order valence-electron chi connectivity index (χ0n) is 15.5. The van der Waals surface area contributed by atoms with Crippen LogP contribution < -0.4 is 5.32 Å². The second-order valence-corrected chi connectivity index (χ2v) is 7.24. The molecule has 0 saturated heterocycles. The van der Waals surface area contributed by atoms with Crippen molar-refractivity contribution in [1.29, 1.82) is 0 Å². The van der Waals surface area contributed by atoms with Gasteiger partial charge in [0, 0.05) is 11.3 Å². The Balaban J connectivity index is 1.66. The number of nitrogens with one attached hydrogen (secondary N) is 1. The van der Waals surface area contributed by atoms with Gasteiger partial charge < -0.3 is 10.1 Å². The summed E-state index contributed by atoms with van der Waals surface area (Å²) in [4.78, 5) is 37.6. The van der Waals surface area contributed by atoms with E-state index in [0.29, 0.717) is 16.1 Å². The molecule has 6 heteroatoms. The molecule has 0 bridgehead atoms. The van der Waals surface area contributed by atoms with Crippen LogP contribution in [0.25, 0.3) is 0 Å². The van der Waals surface area contributed by atoms with Crippen molar-refractivity contribution in [2.45, 2.75) is 20.0 Å². The molecule has 28 heavy (non-hydrogen) atoms. The van der Waals surface area contributed by atoms with E-state index in [2.05, 4.69) is 5.32 Å². The lowest BCUT2D eigenvalue weighted by Gasteiger charge is -2.13. The Morgan fingerprint density at radius 3 is 2.39 bits per heavy atom. The van der Waals surface area contributed by atoms with Crippen LogP contribution in [0.1, 0.15) is 42.9 Å². The molecule has 0 aliphatic carbocycles. The van der Waals surface area contributed by atoms with Gasteiger partial charge in [0.2, 0.25) is 5.78 Å². The SMILES string of the molecule is Cc1ccc(C(=O)[C@H](C)OC(=O)c2cccc(NC(=O)c3cccs3)c2)cc1. The zero-order chi connectivity index (χ0) is 20.1. The quantitative estimate of drug-likeness (QED) is 0.485. The molecule has 0 fully saturated rings. The van der Waals surface area contributed by atoms with Crippen molar-refractivity contribution in [3.05, 3.63) is 87.6 Å². The summed E-state index contributed by atoms with van der Waals surface area (Å²) in [5.41, 5.74) is 2.27. The van der Waals surface area contributed by atoms with Crippen LogP contribution in [0, 0.1) is 6.92 Å². The first-order valence-electron chi connectivity index (χ1n) is 8.71. The molecule has 1 heterocycles. The molecule has 0 saturated carbocycles. The van der Waals surface area contributed by atoms with Gasteiger partial charge >= 0.3 is 5.97 Å². The molecular formula is C22H19NO4S. The molecule has 1 atom stereocenters. The topological polar surface area (TPSA) is 72.5 Å². The molecule has 1 aromatic heterocycles. The summed E-state index contributed by atoms with van der Waals surface area (Å²) in [6.45, 7) is 3.48. The highest BCUT2D eigenvalue weighted by Crippen LogP contribution is 2.17. The van der Waals surface area contributed by atoms with E-state index in [1.807, 2.05) is 24.4 Å². The number of rotatable bonds is 6. The van der Waals surface area contributed by atoms with Crippen molar-refractivity contribution in [3.63, 3.8) is 0 Å². The minimum atomic E-state index is -0.917. The predicted octanol–water partition coefficient (Wildman–Crippen LogP) is 4.74. The predicted molar refractivity (Wildman–Crippen MR) is 109 cm³/mol. The monoisotopic (exact) mass is 393 g/mol. The standard InChI is InChI=1S/C22H19NO4S/c1-14-8-10-16(11-9-14)20(24)15(2)27-22(26)17-5-3-6-18(13-17)23-21(25)19-7-4-12-28-19/h3-13,15H,1-2H3,(H,23,25)/t15-/m0/s1. The molecule has 1 N–H and O–H groups in total. The highest BCUT2D eigenvalue weighted by atomic mass is 32.1. The van der Waals surface area contributed by atoms with E-state index < -0.39 is 12.1 Å². The van der Waals surface area contributed by atoms with Gasteiger partial charge in [-0.25, -0.2) is 4.79 Å². The number of ether oxygens (including phenoxy) is 1.